The fraction of sp³-hybridized carbons (Fsp3) is 0.250. The average molecular weight is 298 g/mol. The third-order valence-electron chi connectivity index (χ3n) is 2.11. The van der Waals surface area contributed by atoms with E-state index in [9.17, 15) is 0 Å². The van der Waals surface area contributed by atoms with Crippen LogP contribution in [0.2, 0.25) is 10.0 Å². The maximum Gasteiger partial charge on any atom is 0.249 e. The summed E-state index contributed by atoms with van der Waals surface area (Å²) in [6.07, 6.45) is 1.57. The summed E-state index contributed by atoms with van der Waals surface area (Å²) in [5.74, 6) is 1.03. The molecule has 2 aromatic rings. The van der Waals surface area contributed by atoms with Crippen LogP contribution in [0.25, 0.3) is 0 Å². The molecule has 2 rings (SSSR count). The van der Waals surface area contributed by atoms with Crippen LogP contribution in [-0.2, 0) is 0 Å². The monoisotopic (exact) mass is 297 g/mol. The topological polar surface area (TPSA) is 62.7 Å². The lowest BCUT2D eigenvalue weighted by molar-refractivity contribution is 0.873. The smallest absolute Gasteiger partial charge is 0.249 e. The molecular weight excluding hydrogens is 285 g/mol. The van der Waals surface area contributed by atoms with E-state index in [1.54, 1.807) is 24.4 Å². The molecule has 7 heteroatoms. The van der Waals surface area contributed by atoms with Crippen molar-refractivity contribution in [1.29, 1.82) is 0 Å². The summed E-state index contributed by atoms with van der Waals surface area (Å²) in [5, 5.41) is 15.0. The van der Waals surface area contributed by atoms with Gasteiger partial charge in [-0.25, -0.2) is 0 Å². The Bertz CT molecular complexity index is 554. The van der Waals surface area contributed by atoms with E-state index in [1.807, 2.05) is 13.8 Å². The lowest BCUT2D eigenvalue weighted by Crippen LogP contribution is -2.12. The van der Waals surface area contributed by atoms with Crippen LogP contribution in [-0.4, -0.2) is 21.2 Å². The van der Waals surface area contributed by atoms with Crippen molar-refractivity contribution < 1.29 is 0 Å². The van der Waals surface area contributed by atoms with Crippen LogP contribution < -0.4 is 10.6 Å². The molecule has 19 heavy (non-hydrogen) atoms. The first-order valence-corrected chi connectivity index (χ1v) is 6.48. The second kappa shape index (κ2) is 6.04. The molecule has 2 N–H and O–H groups in total. The fourth-order valence-corrected chi connectivity index (χ4v) is 2.00. The van der Waals surface area contributed by atoms with Gasteiger partial charge in [0.1, 0.15) is 0 Å². The lowest BCUT2D eigenvalue weighted by atomic mass is 10.3. The highest BCUT2D eigenvalue weighted by molar-refractivity contribution is 6.35. The van der Waals surface area contributed by atoms with Gasteiger partial charge in [-0.1, -0.05) is 23.2 Å². The molecule has 0 aliphatic rings. The van der Waals surface area contributed by atoms with E-state index in [4.69, 9.17) is 23.2 Å². The first-order chi connectivity index (χ1) is 9.02. The fourth-order valence-electron chi connectivity index (χ4n) is 1.48. The minimum absolute atomic E-state index is 0.269. The van der Waals surface area contributed by atoms with Gasteiger partial charge in [-0.2, -0.15) is 10.1 Å². The Kier molecular flexibility index (Phi) is 4.39. The van der Waals surface area contributed by atoms with Crippen molar-refractivity contribution in [3.63, 3.8) is 0 Å². The quantitative estimate of drug-likeness (QED) is 0.900. The highest BCUT2D eigenvalue weighted by Crippen LogP contribution is 2.24. The van der Waals surface area contributed by atoms with Crippen molar-refractivity contribution >= 4 is 40.7 Å². The lowest BCUT2D eigenvalue weighted by Gasteiger charge is -2.10. The zero-order valence-corrected chi connectivity index (χ0v) is 12.0. The zero-order valence-electron chi connectivity index (χ0n) is 10.5. The number of nitrogens with one attached hydrogen (secondary N) is 2. The first-order valence-electron chi connectivity index (χ1n) is 5.72. The van der Waals surface area contributed by atoms with Crippen molar-refractivity contribution in [2.24, 2.45) is 0 Å². The molecule has 0 fully saturated rings. The van der Waals surface area contributed by atoms with E-state index in [0.29, 0.717) is 27.5 Å². The summed E-state index contributed by atoms with van der Waals surface area (Å²) in [6, 6.07) is 5.40. The molecule has 0 saturated heterocycles. The standard InChI is InChI=1S/C12H13Cl2N5/c1-7(2)16-11-6-15-19-12(18-11)17-10-4-8(13)3-9(14)5-10/h3-7H,1-2H3,(H2,16,17,18,19). The number of benzene rings is 1. The molecule has 0 amide bonds. The minimum Gasteiger partial charge on any atom is -0.366 e. The van der Waals surface area contributed by atoms with E-state index >= 15 is 0 Å². The predicted molar refractivity (Wildman–Crippen MR) is 78.3 cm³/mol. The van der Waals surface area contributed by atoms with Crippen LogP contribution in [0.3, 0.4) is 0 Å². The summed E-state index contributed by atoms with van der Waals surface area (Å²) >= 11 is 11.8. The molecule has 0 spiro atoms. The molecule has 1 aromatic carbocycles. The molecule has 0 bridgehead atoms. The van der Waals surface area contributed by atoms with Crippen LogP contribution in [0.1, 0.15) is 13.8 Å². The summed E-state index contributed by atoms with van der Waals surface area (Å²) in [6.45, 7) is 4.04. The number of hydrogen-bond acceptors (Lipinski definition) is 5. The van der Waals surface area contributed by atoms with Crippen molar-refractivity contribution in [2.75, 3.05) is 10.6 Å². The van der Waals surface area contributed by atoms with Crippen LogP contribution in [0.5, 0.6) is 0 Å². The van der Waals surface area contributed by atoms with Gasteiger partial charge in [0.05, 0.1) is 6.20 Å². The van der Waals surface area contributed by atoms with Gasteiger partial charge in [-0.3, -0.25) is 0 Å². The number of nitrogens with zero attached hydrogens (tertiary/aromatic N) is 3. The SMILES string of the molecule is CC(C)Nc1cnnc(Nc2cc(Cl)cc(Cl)c2)n1. The molecule has 0 radical (unpaired) electrons. The molecule has 1 aromatic heterocycles. The van der Waals surface area contributed by atoms with Crippen molar-refractivity contribution in [3.8, 4) is 0 Å². The summed E-state index contributed by atoms with van der Waals surface area (Å²) in [4.78, 5) is 4.29. The van der Waals surface area contributed by atoms with Crippen LogP contribution in [0, 0.1) is 0 Å². The molecule has 100 valence electrons. The number of rotatable bonds is 4. The van der Waals surface area contributed by atoms with Gasteiger partial charge in [-0.05, 0) is 32.0 Å². The second-order valence-corrected chi connectivity index (χ2v) is 5.12. The van der Waals surface area contributed by atoms with Gasteiger partial charge < -0.3 is 10.6 Å². The molecule has 1 heterocycles. The van der Waals surface area contributed by atoms with Gasteiger partial charge in [0.2, 0.25) is 5.95 Å². The van der Waals surface area contributed by atoms with Crippen LogP contribution >= 0.6 is 23.2 Å². The van der Waals surface area contributed by atoms with E-state index in [-0.39, 0.29) is 6.04 Å². The average Bonchev–Trinajstić information content (AvgIpc) is 2.26. The van der Waals surface area contributed by atoms with Gasteiger partial charge in [0, 0.05) is 21.8 Å². The number of hydrogen-bond donors (Lipinski definition) is 2. The third-order valence-corrected chi connectivity index (χ3v) is 2.55. The van der Waals surface area contributed by atoms with E-state index < -0.39 is 0 Å². The van der Waals surface area contributed by atoms with Gasteiger partial charge in [0.25, 0.3) is 0 Å². The van der Waals surface area contributed by atoms with Crippen molar-refractivity contribution in [3.05, 3.63) is 34.4 Å². The number of aromatic nitrogens is 3. The molecular formula is C12H13Cl2N5. The number of halogens is 2. The first kappa shape index (κ1) is 13.8. The van der Waals surface area contributed by atoms with Crippen LogP contribution in [0.4, 0.5) is 17.5 Å². The maximum atomic E-state index is 5.92. The van der Waals surface area contributed by atoms with E-state index in [0.717, 1.165) is 0 Å². The summed E-state index contributed by atoms with van der Waals surface area (Å²) < 4.78 is 0. The van der Waals surface area contributed by atoms with Crippen LogP contribution in [0.15, 0.2) is 24.4 Å². The van der Waals surface area contributed by atoms with Crippen molar-refractivity contribution in [2.45, 2.75) is 19.9 Å². The molecule has 0 saturated carbocycles. The molecule has 0 atom stereocenters. The normalized spacial score (nSPS) is 10.6. The molecule has 0 unspecified atom stereocenters. The second-order valence-electron chi connectivity index (χ2n) is 4.25. The largest absolute Gasteiger partial charge is 0.366 e. The Labute approximate surface area is 121 Å². The van der Waals surface area contributed by atoms with Gasteiger partial charge in [0.15, 0.2) is 5.82 Å². The molecule has 0 aliphatic carbocycles. The van der Waals surface area contributed by atoms with Gasteiger partial charge >= 0.3 is 0 Å². The predicted octanol–water partition coefficient (Wildman–Crippen LogP) is 3.74. The highest BCUT2D eigenvalue weighted by Gasteiger charge is 2.04. The van der Waals surface area contributed by atoms with Crippen molar-refractivity contribution in [1.82, 2.24) is 15.2 Å². The molecule has 5 nitrogen and oxygen atoms in total. The Morgan fingerprint density at radius 3 is 2.42 bits per heavy atom. The Balaban J connectivity index is 2.18. The Hall–Kier alpha value is -1.59. The Morgan fingerprint density at radius 1 is 1.11 bits per heavy atom. The van der Waals surface area contributed by atoms with Gasteiger partial charge in [-0.15, -0.1) is 5.10 Å². The Morgan fingerprint density at radius 2 is 1.79 bits per heavy atom. The zero-order chi connectivity index (χ0) is 13.8. The summed E-state index contributed by atoms with van der Waals surface area (Å²) in [7, 11) is 0. The van der Waals surface area contributed by atoms with E-state index in [1.165, 1.54) is 0 Å². The maximum absolute atomic E-state index is 5.92. The molecule has 0 aliphatic heterocycles. The minimum atomic E-state index is 0.269. The van der Waals surface area contributed by atoms with E-state index in [2.05, 4.69) is 25.8 Å². The number of anilines is 3. The summed E-state index contributed by atoms with van der Waals surface area (Å²) in [5.41, 5.74) is 0.709. The third kappa shape index (κ3) is 4.22. The highest BCUT2D eigenvalue weighted by atomic mass is 35.5.